The molecule has 1 aromatic heterocycles. The predicted octanol–water partition coefficient (Wildman–Crippen LogP) is 2.73. The highest BCUT2D eigenvalue weighted by molar-refractivity contribution is 5.95. The number of aromatic nitrogens is 1. The Labute approximate surface area is 118 Å². The molecule has 4 nitrogen and oxygen atoms in total. The van der Waals surface area contributed by atoms with Crippen LogP contribution in [0.5, 0.6) is 0 Å². The largest absolute Gasteiger partial charge is 0.335 e. The van der Waals surface area contributed by atoms with Gasteiger partial charge in [0.2, 0.25) is 0 Å². The van der Waals surface area contributed by atoms with E-state index in [9.17, 15) is 9.59 Å². The summed E-state index contributed by atoms with van der Waals surface area (Å²) in [4.78, 5) is 28.7. The maximum absolute atomic E-state index is 12.4. The summed E-state index contributed by atoms with van der Waals surface area (Å²) >= 11 is 0. The second-order valence-electron chi connectivity index (χ2n) is 4.62. The number of amides is 1. The van der Waals surface area contributed by atoms with E-state index in [1.54, 1.807) is 48.6 Å². The highest BCUT2D eigenvalue weighted by atomic mass is 16.2. The minimum absolute atomic E-state index is 0.0676. The molecule has 1 aromatic carbocycles. The summed E-state index contributed by atoms with van der Waals surface area (Å²) in [5.41, 5.74) is 2.10. The van der Waals surface area contributed by atoms with Gasteiger partial charge in [-0.3, -0.25) is 14.6 Å². The van der Waals surface area contributed by atoms with Crippen molar-refractivity contribution >= 4 is 12.2 Å². The Kier molecular flexibility index (Phi) is 4.25. The fourth-order valence-corrected chi connectivity index (χ4v) is 1.93. The van der Waals surface area contributed by atoms with Gasteiger partial charge in [0.05, 0.1) is 6.04 Å². The number of aldehydes is 1. The molecule has 0 N–H and O–H groups in total. The zero-order valence-corrected chi connectivity index (χ0v) is 11.5. The molecular formula is C16H16N2O2. The van der Waals surface area contributed by atoms with Crippen molar-refractivity contribution in [2.45, 2.75) is 13.0 Å². The topological polar surface area (TPSA) is 50.3 Å². The first-order valence-corrected chi connectivity index (χ1v) is 6.36. The highest BCUT2D eigenvalue weighted by Gasteiger charge is 2.18. The van der Waals surface area contributed by atoms with Gasteiger partial charge in [0.1, 0.15) is 6.29 Å². The van der Waals surface area contributed by atoms with Gasteiger partial charge < -0.3 is 4.90 Å². The van der Waals surface area contributed by atoms with Gasteiger partial charge in [-0.15, -0.1) is 0 Å². The van der Waals surface area contributed by atoms with Crippen molar-refractivity contribution < 1.29 is 9.59 Å². The molecule has 0 aliphatic rings. The Hall–Kier alpha value is -2.49. The number of carbonyl (C=O) groups is 2. The van der Waals surface area contributed by atoms with Crippen LogP contribution in [0.3, 0.4) is 0 Å². The van der Waals surface area contributed by atoms with Crippen molar-refractivity contribution in [3.05, 3.63) is 65.5 Å². The molecule has 1 amide bonds. The van der Waals surface area contributed by atoms with Gasteiger partial charge in [0, 0.05) is 30.6 Å². The normalized spacial score (nSPS) is 11.7. The third-order valence-electron chi connectivity index (χ3n) is 3.36. The number of rotatable bonds is 4. The summed E-state index contributed by atoms with van der Waals surface area (Å²) in [6.07, 6.45) is 4.22. The minimum Gasteiger partial charge on any atom is -0.335 e. The summed E-state index contributed by atoms with van der Waals surface area (Å²) in [6.45, 7) is 1.95. The molecule has 0 radical (unpaired) electrons. The highest BCUT2D eigenvalue weighted by Crippen LogP contribution is 2.19. The molecule has 1 atom stereocenters. The van der Waals surface area contributed by atoms with E-state index < -0.39 is 0 Å². The Bertz CT molecular complexity index is 594. The molecule has 0 bridgehead atoms. The van der Waals surface area contributed by atoms with E-state index in [-0.39, 0.29) is 11.9 Å². The molecule has 0 fully saturated rings. The summed E-state index contributed by atoms with van der Waals surface area (Å²) in [7, 11) is 1.76. The molecule has 20 heavy (non-hydrogen) atoms. The van der Waals surface area contributed by atoms with Crippen LogP contribution in [0, 0.1) is 0 Å². The Morgan fingerprint density at radius 2 is 1.95 bits per heavy atom. The van der Waals surface area contributed by atoms with E-state index in [1.165, 1.54) is 0 Å². The van der Waals surface area contributed by atoms with Crippen LogP contribution in [0.1, 0.15) is 39.2 Å². The summed E-state index contributed by atoms with van der Waals surface area (Å²) in [6, 6.07) is 10.3. The van der Waals surface area contributed by atoms with Crippen molar-refractivity contribution in [2.75, 3.05) is 7.05 Å². The predicted molar refractivity (Wildman–Crippen MR) is 76.6 cm³/mol. The lowest BCUT2D eigenvalue weighted by Gasteiger charge is -2.25. The van der Waals surface area contributed by atoms with Crippen LogP contribution < -0.4 is 0 Å². The fraction of sp³-hybridized carbons (Fsp3) is 0.188. The van der Waals surface area contributed by atoms with E-state index in [2.05, 4.69) is 4.98 Å². The van der Waals surface area contributed by atoms with Crippen LogP contribution in [0.25, 0.3) is 0 Å². The van der Waals surface area contributed by atoms with E-state index in [1.807, 2.05) is 19.1 Å². The number of benzene rings is 1. The number of hydrogen-bond donors (Lipinski definition) is 0. The standard InChI is InChI=1S/C16H16N2O2/c1-12(15-4-3-9-17-10-15)18(2)16(20)14-7-5-13(11-19)6-8-14/h3-12H,1-2H3. The van der Waals surface area contributed by atoms with Crippen LogP contribution in [-0.4, -0.2) is 29.1 Å². The van der Waals surface area contributed by atoms with E-state index in [4.69, 9.17) is 0 Å². The van der Waals surface area contributed by atoms with Gasteiger partial charge in [-0.05, 0) is 30.7 Å². The average molecular weight is 268 g/mol. The summed E-state index contributed by atoms with van der Waals surface area (Å²) < 4.78 is 0. The first kappa shape index (κ1) is 13.9. The fourth-order valence-electron chi connectivity index (χ4n) is 1.93. The van der Waals surface area contributed by atoms with Gasteiger partial charge in [-0.1, -0.05) is 18.2 Å². The van der Waals surface area contributed by atoms with Crippen LogP contribution in [0.4, 0.5) is 0 Å². The van der Waals surface area contributed by atoms with E-state index >= 15 is 0 Å². The molecule has 0 saturated heterocycles. The van der Waals surface area contributed by atoms with Crippen LogP contribution in [0.15, 0.2) is 48.8 Å². The lowest BCUT2D eigenvalue weighted by molar-refractivity contribution is 0.0742. The molecule has 4 heteroatoms. The molecule has 1 heterocycles. The van der Waals surface area contributed by atoms with Crippen LogP contribution in [0.2, 0.25) is 0 Å². The van der Waals surface area contributed by atoms with Crippen molar-refractivity contribution in [1.82, 2.24) is 9.88 Å². The molecule has 0 aliphatic heterocycles. The van der Waals surface area contributed by atoms with Gasteiger partial charge in [-0.2, -0.15) is 0 Å². The maximum atomic E-state index is 12.4. The van der Waals surface area contributed by atoms with Crippen LogP contribution in [-0.2, 0) is 0 Å². The molecule has 2 rings (SSSR count). The second kappa shape index (κ2) is 6.10. The van der Waals surface area contributed by atoms with Crippen molar-refractivity contribution in [2.24, 2.45) is 0 Å². The second-order valence-corrected chi connectivity index (χ2v) is 4.62. The number of carbonyl (C=O) groups excluding carboxylic acids is 2. The lowest BCUT2D eigenvalue weighted by atomic mass is 10.1. The molecule has 102 valence electrons. The van der Waals surface area contributed by atoms with Crippen molar-refractivity contribution in [1.29, 1.82) is 0 Å². The first-order chi connectivity index (χ1) is 9.63. The van der Waals surface area contributed by atoms with E-state index in [0.29, 0.717) is 11.1 Å². The summed E-state index contributed by atoms with van der Waals surface area (Å²) in [5, 5.41) is 0. The molecule has 0 aliphatic carbocycles. The van der Waals surface area contributed by atoms with Gasteiger partial charge >= 0.3 is 0 Å². The average Bonchev–Trinajstić information content (AvgIpc) is 2.53. The van der Waals surface area contributed by atoms with Gasteiger partial charge in [-0.25, -0.2) is 0 Å². The Balaban J connectivity index is 2.17. The molecule has 0 saturated carbocycles. The summed E-state index contributed by atoms with van der Waals surface area (Å²) in [5.74, 6) is -0.0844. The zero-order valence-electron chi connectivity index (χ0n) is 11.5. The Morgan fingerprint density at radius 3 is 2.50 bits per heavy atom. The van der Waals surface area contributed by atoms with E-state index in [0.717, 1.165) is 11.8 Å². The quantitative estimate of drug-likeness (QED) is 0.801. The zero-order chi connectivity index (χ0) is 14.5. The Morgan fingerprint density at radius 1 is 1.25 bits per heavy atom. The number of nitrogens with zero attached hydrogens (tertiary/aromatic N) is 2. The van der Waals surface area contributed by atoms with Gasteiger partial charge in [0.25, 0.3) is 5.91 Å². The molecule has 1 unspecified atom stereocenters. The number of hydrogen-bond acceptors (Lipinski definition) is 3. The smallest absolute Gasteiger partial charge is 0.254 e. The SMILES string of the molecule is CC(c1cccnc1)N(C)C(=O)c1ccc(C=O)cc1. The maximum Gasteiger partial charge on any atom is 0.254 e. The third kappa shape index (κ3) is 2.91. The molecular weight excluding hydrogens is 252 g/mol. The van der Waals surface area contributed by atoms with Crippen molar-refractivity contribution in [3.63, 3.8) is 0 Å². The minimum atomic E-state index is -0.0844. The number of pyridine rings is 1. The molecule has 2 aromatic rings. The lowest BCUT2D eigenvalue weighted by Crippen LogP contribution is -2.29. The third-order valence-corrected chi connectivity index (χ3v) is 3.36. The van der Waals surface area contributed by atoms with Crippen LogP contribution >= 0.6 is 0 Å². The molecule has 0 spiro atoms. The first-order valence-electron chi connectivity index (χ1n) is 6.36. The monoisotopic (exact) mass is 268 g/mol. The van der Waals surface area contributed by atoms with Gasteiger partial charge in [0.15, 0.2) is 0 Å². The van der Waals surface area contributed by atoms with Crippen molar-refractivity contribution in [3.8, 4) is 0 Å².